The number of carbonyl (C=O) groups excluding carboxylic acids is 1. The third kappa shape index (κ3) is 5.83. The zero-order valence-electron chi connectivity index (χ0n) is 13.2. The Hall–Kier alpha value is -1.30. The number of carbonyl (C=O) groups is 1. The first-order valence-corrected chi connectivity index (χ1v) is 7.54. The summed E-state index contributed by atoms with van der Waals surface area (Å²) >= 11 is 0. The minimum Gasteiger partial charge on any atom is -0.494 e. The summed E-state index contributed by atoms with van der Waals surface area (Å²) in [6.07, 6.45) is 2.45. The number of anilines is 1. The molecule has 2 N–H and O–H groups in total. The van der Waals surface area contributed by atoms with Crippen molar-refractivity contribution in [2.45, 2.75) is 32.8 Å². The highest BCUT2D eigenvalue weighted by molar-refractivity contribution is 5.92. The molecule has 1 atom stereocenters. The van der Waals surface area contributed by atoms with Gasteiger partial charge in [-0.1, -0.05) is 0 Å². The molecule has 0 saturated carbocycles. The van der Waals surface area contributed by atoms with Crippen molar-refractivity contribution in [1.82, 2.24) is 5.32 Å². The van der Waals surface area contributed by atoms with Crippen LogP contribution in [0.1, 0.15) is 25.3 Å². The van der Waals surface area contributed by atoms with Crippen molar-refractivity contribution in [1.29, 1.82) is 0 Å². The summed E-state index contributed by atoms with van der Waals surface area (Å²) in [5.74, 6) is 0.809. The van der Waals surface area contributed by atoms with Gasteiger partial charge in [0, 0.05) is 18.8 Å². The second-order valence-corrected chi connectivity index (χ2v) is 5.23. The highest BCUT2D eigenvalue weighted by Crippen LogP contribution is 2.21. The summed E-state index contributed by atoms with van der Waals surface area (Å²) in [6, 6.07) is 5.66. The van der Waals surface area contributed by atoms with E-state index in [1.807, 2.05) is 32.0 Å². The van der Waals surface area contributed by atoms with Crippen LogP contribution in [0.3, 0.4) is 0 Å². The molecule has 1 amide bonds. The van der Waals surface area contributed by atoms with Gasteiger partial charge in [-0.25, -0.2) is 0 Å². The molecule has 0 aromatic heterocycles. The second-order valence-electron chi connectivity index (χ2n) is 5.23. The fourth-order valence-electron chi connectivity index (χ4n) is 2.40. The van der Waals surface area contributed by atoms with Gasteiger partial charge in [0.05, 0.1) is 19.3 Å². The zero-order chi connectivity index (χ0) is 15.1. The van der Waals surface area contributed by atoms with Gasteiger partial charge in [-0.15, -0.1) is 12.4 Å². The van der Waals surface area contributed by atoms with Crippen LogP contribution in [-0.2, 0) is 9.53 Å². The summed E-state index contributed by atoms with van der Waals surface area (Å²) in [5.41, 5.74) is 1.81. The largest absolute Gasteiger partial charge is 0.494 e. The molecule has 1 saturated heterocycles. The van der Waals surface area contributed by atoms with Crippen LogP contribution in [0.15, 0.2) is 18.2 Å². The number of hydrogen-bond donors (Lipinski definition) is 2. The van der Waals surface area contributed by atoms with Gasteiger partial charge in [-0.3, -0.25) is 4.79 Å². The van der Waals surface area contributed by atoms with E-state index in [0.29, 0.717) is 13.2 Å². The van der Waals surface area contributed by atoms with E-state index >= 15 is 0 Å². The first kappa shape index (κ1) is 18.7. The Morgan fingerprint density at radius 3 is 2.91 bits per heavy atom. The average Bonchev–Trinajstić information content (AvgIpc) is 2.95. The Bertz CT molecular complexity index is 476. The number of amides is 1. The minimum atomic E-state index is -0.0449. The van der Waals surface area contributed by atoms with Gasteiger partial charge in [0.25, 0.3) is 0 Å². The molecule has 1 fully saturated rings. The monoisotopic (exact) mass is 328 g/mol. The van der Waals surface area contributed by atoms with Crippen LogP contribution >= 0.6 is 12.4 Å². The smallest absolute Gasteiger partial charge is 0.238 e. The third-order valence-electron chi connectivity index (χ3n) is 3.44. The summed E-state index contributed by atoms with van der Waals surface area (Å²) in [6.45, 7) is 6.43. The third-order valence-corrected chi connectivity index (χ3v) is 3.44. The lowest BCUT2D eigenvalue weighted by molar-refractivity contribution is -0.115. The molecule has 0 bridgehead atoms. The van der Waals surface area contributed by atoms with E-state index in [1.165, 1.54) is 0 Å². The van der Waals surface area contributed by atoms with Gasteiger partial charge >= 0.3 is 0 Å². The number of ether oxygens (including phenoxy) is 2. The van der Waals surface area contributed by atoms with Crippen LogP contribution in [0, 0.1) is 6.92 Å². The van der Waals surface area contributed by atoms with Crippen molar-refractivity contribution in [3.8, 4) is 5.75 Å². The molecule has 124 valence electrons. The molecule has 1 aromatic carbocycles. The Kier molecular flexibility index (Phi) is 8.24. The Morgan fingerprint density at radius 1 is 1.45 bits per heavy atom. The summed E-state index contributed by atoms with van der Waals surface area (Å²) in [5, 5.41) is 6.01. The van der Waals surface area contributed by atoms with Gasteiger partial charge in [0.15, 0.2) is 0 Å². The van der Waals surface area contributed by atoms with E-state index in [9.17, 15) is 4.79 Å². The van der Waals surface area contributed by atoms with Crippen LogP contribution < -0.4 is 15.4 Å². The molecular weight excluding hydrogens is 304 g/mol. The van der Waals surface area contributed by atoms with Crippen molar-refractivity contribution in [3.05, 3.63) is 23.8 Å². The van der Waals surface area contributed by atoms with Gasteiger partial charge in [-0.2, -0.15) is 0 Å². The number of hydrogen-bond acceptors (Lipinski definition) is 4. The Morgan fingerprint density at radius 2 is 2.27 bits per heavy atom. The second kappa shape index (κ2) is 9.66. The van der Waals surface area contributed by atoms with Crippen LogP contribution in [-0.4, -0.2) is 38.3 Å². The van der Waals surface area contributed by atoms with Crippen molar-refractivity contribution >= 4 is 24.0 Å². The standard InChI is InChI=1S/C16H24N2O3.ClH/c1-3-20-15-7-6-13(9-12(15)2)18-16(19)11-17-10-14-5-4-8-21-14;/h6-7,9,14,17H,3-5,8,10-11H2,1-2H3,(H,18,19);1H/t14-;/m1./s1. The predicted octanol–water partition coefficient (Wildman–Crippen LogP) is 2.52. The first-order chi connectivity index (χ1) is 10.2. The molecule has 0 unspecified atom stereocenters. The maximum Gasteiger partial charge on any atom is 0.238 e. The predicted molar refractivity (Wildman–Crippen MR) is 90.1 cm³/mol. The zero-order valence-corrected chi connectivity index (χ0v) is 14.0. The van der Waals surface area contributed by atoms with Crippen LogP contribution in [0.4, 0.5) is 5.69 Å². The molecule has 0 radical (unpaired) electrons. The van der Waals surface area contributed by atoms with Gasteiger partial charge in [0.2, 0.25) is 5.91 Å². The van der Waals surface area contributed by atoms with Gasteiger partial charge in [0.1, 0.15) is 5.75 Å². The SMILES string of the molecule is CCOc1ccc(NC(=O)CNC[C@H]2CCCO2)cc1C.Cl. The summed E-state index contributed by atoms with van der Waals surface area (Å²) < 4.78 is 11.0. The van der Waals surface area contributed by atoms with E-state index < -0.39 is 0 Å². The highest BCUT2D eigenvalue weighted by atomic mass is 35.5. The van der Waals surface area contributed by atoms with Crippen LogP contribution in [0.5, 0.6) is 5.75 Å². The minimum absolute atomic E-state index is 0. The maximum atomic E-state index is 11.9. The Labute approximate surface area is 138 Å². The lowest BCUT2D eigenvalue weighted by Gasteiger charge is -2.12. The maximum absolute atomic E-state index is 11.9. The Balaban J connectivity index is 0.00000242. The number of halogens is 1. The molecule has 1 aliphatic rings. The summed E-state index contributed by atoms with van der Waals surface area (Å²) in [4.78, 5) is 11.9. The van der Waals surface area contributed by atoms with Crippen molar-refractivity contribution < 1.29 is 14.3 Å². The van der Waals surface area contributed by atoms with Crippen molar-refractivity contribution in [3.63, 3.8) is 0 Å². The molecule has 2 rings (SSSR count). The number of benzene rings is 1. The molecule has 5 nitrogen and oxygen atoms in total. The quantitative estimate of drug-likeness (QED) is 0.807. The van der Waals surface area contributed by atoms with E-state index in [0.717, 1.165) is 43.0 Å². The molecule has 0 aliphatic carbocycles. The van der Waals surface area contributed by atoms with E-state index in [4.69, 9.17) is 9.47 Å². The fourth-order valence-corrected chi connectivity index (χ4v) is 2.40. The van der Waals surface area contributed by atoms with Gasteiger partial charge in [-0.05, 0) is 50.5 Å². The lowest BCUT2D eigenvalue weighted by atomic mass is 10.2. The van der Waals surface area contributed by atoms with E-state index in [-0.39, 0.29) is 24.4 Å². The molecule has 1 aliphatic heterocycles. The molecule has 22 heavy (non-hydrogen) atoms. The van der Waals surface area contributed by atoms with Crippen LogP contribution in [0.25, 0.3) is 0 Å². The van der Waals surface area contributed by atoms with E-state index in [1.54, 1.807) is 0 Å². The van der Waals surface area contributed by atoms with Crippen molar-refractivity contribution in [2.75, 3.05) is 31.6 Å². The molecule has 1 aromatic rings. The lowest BCUT2D eigenvalue weighted by Crippen LogP contribution is -2.33. The normalized spacial score (nSPS) is 16.9. The van der Waals surface area contributed by atoms with Crippen molar-refractivity contribution in [2.24, 2.45) is 0 Å². The first-order valence-electron chi connectivity index (χ1n) is 7.54. The van der Waals surface area contributed by atoms with Crippen LogP contribution in [0.2, 0.25) is 0 Å². The summed E-state index contributed by atoms with van der Waals surface area (Å²) in [7, 11) is 0. The molecule has 6 heteroatoms. The topological polar surface area (TPSA) is 59.6 Å². The molecular formula is C16H25ClN2O3. The number of nitrogens with one attached hydrogen (secondary N) is 2. The van der Waals surface area contributed by atoms with Gasteiger partial charge < -0.3 is 20.1 Å². The number of rotatable bonds is 7. The molecule has 0 spiro atoms. The molecule has 1 heterocycles. The van der Waals surface area contributed by atoms with E-state index in [2.05, 4.69) is 10.6 Å². The highest BCUT2D eigenvalue weighted by Gasteiger charge is 2.15. The average molecular weight is 329 g/mol. The number of aryl methyl sites for hydroxylation is 1. The fraction of sp³-hybridized carbons (Fsp3) is 0.562.